The molecule has 0 aliphatic carbocycles. The molecule has 1 saturated heterocycles. The van der Waals surface area contributed by atoms with Crippen molar-refractivity contribution >= 4 is 32.6 Å². The van der Waals surface area contributed by atoms with Crippen LogP contribution >= 0.6 is 11.3 Å². The molecule has 6 heteroatoms. The summed E-state index contributed by atoms with van der Waals surface area (Å²) in [6, 6.07) is 13.5. The second kappa shape index (κ2) is 8.61. The number of hydrogen-bond donors (Lipinski definition) is 1. The van der Waals surface area contributed by atoms with Crippen LogP contribution in [0.5, 0.6) is 5.75 Å². The number of amides is 1. The zero-order valence-corrected chi connectivity index (χ0v) is 16.9. The molecular weight excluding hydrogens is 370 g/mol. The van der Waals surface area contributed by atoms with Crippen LogP contribution in [0.25, 0.3) is 10.2 Å². The second-order valence-corrected chi connectivity index (χ2v) is 7.96. The number of carbonyl (C=O) groups is 1. The summed E-state index contributed by atoms with van der Waals surface area (Å²) in [7, 11) is 0. The maximum Gasteiger partial charge on any atom is 0.251 e. The van der Waals surface area contributed by atoms with Crippen molar-refractivity contribution in [1.29, 1.82) is 0 Å². The molecule has 4 rings (SSSR count). The van der Waals surface area contributed by atoms with Gasteiger partial charge in [0.1, 0.15) is 5.75 Å². The van der Waals surface area contributed by atoms with Gasteiger partial charge in [-0.25, -0.2) is 4.98 Å². The molecular formula is C22H25N3O2S. The largest absolute Gasteiger partial charge is 0.494 e. The number of para-hydroxylation sites is 1. The highest BCUT2D eigenvalue weighted by Gasteiger charge is 2.16. The SMILES string of the molecule is CCOc1ccccc1CNC(=O)c1ccc2nc(N3CCCCC3)sc2c1. The number of nitrogens with one attached hydrogen (secondary N) is 1. The van der Waals surface area contributed by atoms with Crippen molar-refractivity contribution in [1.82, 2.24) is 10.3 Å². The van der Waals surface area contributed by atoms with E-state index < -0.39 is 0 Å². The van der Waals surface area contributed by atoms with Crippen LogP contribution in [0.3, 0.4) is 0 Å². The Balaban J connectivity index is 1.47. The summed E-state index contributed by atoms with van der Waals surface area (Å²) in [4.78, 5) is 19.8. The molecule has 2 heterocycles. The van der Waals surface area contributed by atoms with Crippen molar-refractivity contribution in [2.24, 2.45) is 0 Å². The molecule has 146 valence electrons. The van der Waals surface area contributed by atoms with Gasteiger partial charge in [-0.15, -0.1) is 0 Å². The maximum absolute atomic E-state index is 12.7. The Labute approximate surface area is 169 Å². The number of hydrogen-bond acceptors (Lipinski definition) is 5. The van der Waals surface area contributed by atoms with Gasteiger partial charge in [0, 0.05) is 30.8 Å². The lowest BCUT2D eigenvalue weighted by atomic mass is 10.1. The number of anilines is 1. The zero-order chi connectivity index (χ0) is 19.3. The van der Waals surface area contributed by atoms with E-state index in [-0.39, 0.29) is 5.91 Å². The standard InChI is InChI=1S/C22H25N3O2S/c1-2-27-19-9-5-4-8-17(19)15-23-21(26)16-10-11-18-20(14-16)28-22(24-18)25-12-6-3-7-13-25/h4-5,8-11,14H,2-3,6-7,12-13,15H2,1H3,(H,23,26). The van der Waals surface area contributed by atoms with Crippen LogP contribution in [0.4, 0.5) is 5.13 Å². The van der Waals surface area contributed by atoms with Gasteiger partial charge in [-0.3, -0.25) is 4.79 Å². The summed E-state index contributed by atoms with van der Waals surface area (Å²) >= 11 is 1.67. The first-order valence-electron chi connectivity index (χ1n) is 9.89. The number of carbonyl (C=O) groups excluding carboxylic acids is 1. The van der Waals surface area contributed by atoms with Gasteiger partial charge in [0.2, 0.25) is 0 Å². The van der Waals surface area contributed by atoms with E-state index in [4.69, 9.17) is 9.72 Å². The van der Waals surface area contributed by atoms with Crippen molar-refractivity contribution in [2.45, 2.75) is 32.7 Å². The molecule has 0 bridgehead atoms. The molecule has 1 aromatic heterocycles. The van der Waals surface area contributed by atoms with Gasteiger partial charge in [-0.2, -0.15) is 0 Å². The van der Waals surface area contributed by atoms with Gasteiger partial charge >= 0.3 is 0 Å². The topological polar surface area (TPSA) is 54.5 Å². The van der Waals surface area contributed by atoms with Gasteiger partial charge in [0.25, 0.3) is 5.91 Å². The fourth-order valence-corrected chi connectivity index (χ4v) is 4.55. The van der Waals surface area contributed by atoms with Crippen molar-refractivity contribution in [3.63, 3.8) is 0 Å². The molecule has 3 aromatic rings. The van der Waals surface area contributed by atoms with Crippen molar-refractivity contribution in [2.75, 3.05) is 24.6 Å². The molecule has 0 spiro atoms. The van der Waals surface area contributed by atoms with E-state index in [1.807, 2.05) is 49.4 Å². The predicted molar refractivity (Wildman–Crippen MR) is 114 cm³/mol. The maximum atomic E-state index is 12.7. The monoisotopic (exact) mass is 395 g/mol. The minimum absolute atomic E-state index is 0.0823. The molecule has 1 amide bonds. The second-order valence-electron chi connectivity index (χ2n) is 6.95. The lowest BCUT2D eigenvalue weighted by molar-refractivity contribution is 0.0951. The van der Waals surface area contributed by atoms with Gasteiger partial charge < -0.3 is 15.0 Å². The third-order valence-corrected chi connectivity index (χ3v) is 6.06. The van der Waals surface area contributed by atoms with E-state index in [0.717, 1.165) is 39.8 Å². The van der Waals surface area contributed by atoms with E-state index in [0.29, 0.717) is 18.7 Å². The number of rotatable bonds is 6. The van der Waals surface area contributed by atoms with Crippen LogP contribution < -0.4 is 15.0 Å². The third kappa shape index (κ3) is 4.12. The molecule has 28 heavy (non-hydrogen) atoms. The summed E-state index contributed by atoms with van der Waals surface area (Å²) in [6.45, 7) is 5.15. The fourth-order valence-electron chi connectivity index (χ4n) is 3.50. The quantitative estimate of drug-likeness (QED) is 0.662. The van der Waals surface area contributed by atoms with Crippen molar-refractivity contribution in [3.8, 4) is 5.75 Å². The Morgan fingerprint density at radius 2 is 2.00 bits per heavy atom. The summed E-state index contributed by atoms with van der Waals surface area (Å²) in [5.74, 6) is 0.732. The number of ether oxygens (including phenoxy) is 1. The highest BCUT2D eigenvalue weighted by Crippen LogP contribution is 2.31. The number of benzene rings is 2. The normalized spacial score (nSPS) is 14.2. The molecule has 5 nitrogen and oxygen atoms in total. The van der Waals surface area contributed by atoms with E-state index >= 15 is 0 Å². The Morgan fingerprint density at radius 3 is 2.82 bits per heavy atom. The van der Waals surface area contributed by atoms with Gasteiger partial charge in [-0.05, 0) is 50.5 Å². The van der Waals surface area contributed by atoms with E-state index in [9.17, 15) is 4.79 Å². The smallest absolute Gasteiger partial charge is 0.251 e. The molecule has 1 aliphatic heterocycles. The highest BCUT2D eigenvalue weighted by atomic mass is 32.1. The first-order valence-corrected chi connectivity index (χ1v) is 10.7. The van der Waals surface area contributed by atoms with E-state index in [1.165, 1.54) is 19.3 Å². The lowest BCUT2D eigenvalue weighted by Gasteiger charge is -2.25. The van der Waals surface area contributed by atoms with E-state index in [1.54, 1.807) is 11.3 Å². The van der Waals surface area contributed by atoms with E-state index in [2.05, 4.69) is 10.2 Å². The summed E-state index contributed by atoms with van der Waals surface area (Å²) in [5.41, 5.74) is 2.60. The van der Waals surface area contributed by atoms with Crippen LogP contribution in [0.15, 0.2) is 42.5 Å². The highest BCUT2D eigenvalue weighted by molar-refractivity contribution is 7.22. The number of thiazole rings is 1. The molecule has 1 N–H and O–H groups in total. The minimum Gasteiger partial charge on any atom is -0.494 e. The van der Waals surface area contributed by atoms with Crippen LogP contribution in [0.1, 0.15) is 42.1 Å². The molecule has 0 atom stereocenters. The first kappa shape index (κ1) is 18.7. The first-order chi connectivity index (χ1) is 13.7. The molecule has 2 aromatic carbocycles. The predicted octanol–water partition coefficient (Wildman–Crippen LogP) is 4.62. The average Bonchev–Trinajstić information content (AvgIpc) is 3.17. The average molecular weight is 396 g/mol. The molecule has 0 radical (unpaired) electrons. The summed E-state index contributed by atoms with van der Waals surface area (Å²) in [5, 5.41) is 4.07. The fraction of sp³-hybridized carbons (Fsp3) is 0.364. The Bertz CT molecular complexity index is 963. The van der Waals surface area contributed by atoms with Gasteiger partial charge in [-0.1, -0.05) is 29.5 Å². The minimum atomic E-state index is -0.0823. The summed E-state index contributed by atoms with van der Waals surface area (Å²) in [6.07, 6.45) is 3.76. The van der Waals surface area contributed by atoms with Gasteiger partial charge in [0.05, 0.1) is 16.8 Å². The number of nitrogens with zero attached hydrogens (tertiary/aromatic N) is 2. The van der Waals surface area contributed by atoms with Crippen molar-refractivity contribution in [3.05, 3.63) is 53.6 Å². The van der Waals surface area contributed by atoms with Crippen LogP contribution in [0.2, 0.25) is 0 Å². The lowest BCUT2D eigenvalue weighted by Crippen LogP contribution is -2.29. The van der Waals surface area contributed by atoms with Gasteiger partial charge in [0.15, 0.2) is 5.13 Å². The number of fused-ring (bicyclic) bond motifs is 1. The molecule has 0 unspecified atom stereocenters. The molecule has 1 fully saturated rings. The molecule has 1 aliphatic rings. The van der Waals surface area contributed by atoms with Crippen LogP contribution in [-0.4, -0.2) is 30.6 Å². The van der Waals surface area contributed by atoms with Crippen molar-refractivity contribution < 1.29 is 9.53 Å². The third-order valence-electron chi connectivity index (χ3n) is 4.98. The Morgan fingerprint density at radius 1 is 1.18 bits per heavy atom. The number of aromatic nitrogens is 1. The molecule has 0 saturated carbocycles. The Kier molecular flexibility index (Phi) is 5.76. The van der Waals surface area contributed by atoms with Crippen LogP contribution in [-0.2, 0) is 6.54 Å². The van der Waals surface area contributed by atoms with Crippen LogP contribution in [0, 0.1) is 0 Å². The summed E-state index contributed by atoms with van der Waals surface area (Å²) < 4.78 is 6.69. The Hall–Kier alpha value is -2.60. The number of piperidine rings is 1. The zero-order valence-electron chi connectivity index (χ0n) is 16.1.